The zero-order chi connectivity index (χ0) is 16.3. The van der Waals surface area contributed by atoms with Gasteiger partial charge in [0.05, 0.1) is 5.69 Å². The molecule has 0 spiro atoms. The Labute approximate surface area is 136 Å². The molecular formula is C15H23ClN4O2. The van der Waals surface area contributed by atoms with E-state index in [-0.39, 0.29) is 12.1 Å². The summed E-state index contributed by atoms with van der Waals surface area (Å²) in [5.74, 6) is 0.600. The standard InChI is InChI=1S/C15H23ClN4O2/c1-15(2,3)22-14(21)20-8-6-10(7-9-20)18-13-11(17)4-5-12(16)19-13/h4-5,10H,6-9,17H2,1-3H3,(H,18,19). The minimum Gasteiger partial charge on any atom is -0.444 e. The van der Waals surface area contributed by atoms with Gasteiger partial charge in [0.2, 0.25) is 0 Å². The van der Waals surface area contributed by atoms with Gasteiger partial charge >= 0.3 is 6.09 Å². The Morgan fingerprint density at radius 1 is 1.41 bits per heavy atom. The van der Waals surface area contributed by atoms with E-state index in [1.807, 2.05) is 20.8 Å². The quantitative estimate of drug-likeness (QED) is 0.816. The molecule has 0 aliphatic carbocycles. The molecule has 7 heteroatoms. The van der Waals surface area contributed by atoms with E-state index in [2.05, 4.69) is 10.3 Å². The highest BCUT2D eigenvalue weighted by molar-refractivity contribution is 6.29. The predicted molar refractivity (Wildman–Crippen MR) is 88.1 cm³/mol. The van der Waals surface area contributed by atoms with Crippen molar-refractivity contribution in [2.75, 3.05) is 24.1 Å². The molecule has 1 aliphatic heterocycles. The number of hydrogen-bond acceptors (Lipinski definition) is 5. The third-order valence-corrected chi connectivity index (χ3v) is 3.59. The highest BCUT2D eigenvalue weighted by atomic mass is 35.5. The van der Waals surface area contributed by atoms with Crippen molar-refractivity contribution in [3.05, 3.63) is 17.3 Å². The lowest BCUT2D eigenvalue weighted by Crippen LogP contribution is -2.44. The molecule has 2 heterocycles. The van der Waals surface area contributed by atoms with Crippen molar-refractivity contribution in [3.8, 4) is 0 Å². The van der Waals surface area contributed by atoms with E-state index < -0.39 is 5.60 Å². The number of nitrogens with one attached hydrogen (secondary N) is 1. The Kier molecular flexibility index (Phi) is 5.01. The zero-order valence-electron chi connectivity index (χ0n) is 13.2. The number of nitrogens with zero attached hydrogens (tertiary/aromatic N) is 2. The lowest BCUT2D eigenvalue weighted by molar-refractivity contribution is 0.0210. The van der Waals surface area contributed by atoms with E-state index in [1.54, 1.807) is 17.0 Å². The average molecular weight is 327 g/mol. The first-order valence-corrected chi connectivity index (χ1v) is 7.79. The molecule has 0 bridgehead atoms. The van der Waals surface area contributed by atoms with Crippen LogP contribution in [0.1, 0.15) is 33.6 Å². The van der Waals surface area contributed by atoms with Crippen LogP contribution in [-0.2, 0) is 4.74 Å². The van der Waals surface area contributed by atoms with Crippen LogP contribution in [0.5, 0.6) is 0 Å². The lowest BCUT2D eigenvalue weighted by Gasteiger charge is -2.34. The van der Waals surface area contributed by atoms with Gasteiger partial charge in [0.1, 0.15) is 10.8 Å². The maximum Gasteiger partial charge on any atom is 0.410 e. The van der Waals surface area contributed by atoms with Gasteiger partial charge in [-0.25, -0.2) is 9.78 Å². The topological polar surface area (TPSA) is 80.5 Å². The fraction of sp³-hybridized carbons (Fsp3) is 0.600. The molecule has 1 aromatic heterocycles. The van der Waals surface area contributed by atoms with E-state index in [4.69, 9.17) is 22.1 Å². The summed E-state index contributed by atoms with van der Waals surface area (Å²) in [6.45, 7) is 6.90. The summed E-state index contributed by atoms with van der Waals surface area (Å²) in [4.78, 5) is 17.9. The van der Waals surface area contributed by atoms with Gasteiger partial charge in [-0.15, -0.1) is 0 Å². The summed E-state index contributed by atoms with van der Waals surface area (Å²) in [5, 5.41) is 3.70. The molecule has 1 amide bonds. The van der Waals surface area contributed by atoms with Crippen molar-refractivity contribution in [2.24, 2.45) is 0 Å². The van der Waals surface area contributed by atoms with Crippen LogP contribution < -0.4 is 11.1 Å². The molecule has 0 unspecified atom stereocenters. The monoisotopic (exact) mass is 326 g/mol. The number of hydrogen-bond donors (Lipinski definition) is 2. The minimum atomic E-state index is -0.467. The normalized spacial score (nSPS) is 16.5. The first-order valence-electron chi connectivity index (χ1n) is 7.41. The first-order chi connectivity index (χ1) is 10.2. The minimum absolute atomic E-state index is 0.215. The van der Waals surface area contributed by atoms with Crippen LogP contribution in [0.25, 0.3) is 0 Å². The Hall–Kier alpha value is -1.69. The number of piperidine rings is 1. The van der Waals surface area contributed by atoms with Crippen molar-refractivity contribution in [3.63, 3.8) is 0 Å². The first kappa shape index (κ1) is 16.7. The van der Waals surface area contributed by atoms with E-state index >= 15 is 0 Å². The highest BCUT2D eigenvalue weighted by Crippen LogP contribution is 2.23. The zero-order valence-corrected chi connectivity index (χ0v) is 14.0. The van der Waals surface area contributed by atoms with Crippen molar-refractivity contribution in [1.29, 1.82) is 0 Å². The SMILES string of the molecule is CC(C)(C)OC(=O)N1CCC(Nc2nc(Cl)ccc2N)CC1. The van der Waals surface area contributed by atoms with Gasteiger partial charge in [0.25, 0.3) is 0 Å². The van der Waals surface area contributed by atoms with Gasteiger partial charge in [-0.3, -0.25) is 0 Å². The molecule has 1 saturated heterocycles. The van der Waals surface area contributed by atoms with Crippen molar-refractivity contribution in [1.82, 2.24) is 9.88 Å². The van der Waals surface area contributed by atoms with Crippen LogP contribution in [0.3, 0.4) is 0 Å². The van der Waals surface area contributed by atoms with Gasteiger partial charge < -0.3 is 20.7 Å². The second kappa shape index (κ2) is 6.60. The van der Waals surface area contributed by atoms with Gasteiger partial charge in [-0.05, 0) is 45.7 Å². The fourth-order valence-electron chi connectivity index (χ4n) is 2.29. The molecular weight excluding hydrogens is 304 g/mol. The Morgan fingerprint density at radius 3 is 2.64 bits per heavy atom. The van der Waals surface area contributed by atoms with E-state index in [9.17, 15) is 4.79 Å². The van der Waals surface area contributed by atoms with Crippen molar-refractivity contribution < 1.29 is 9.53 Å². The van der Waals surface area contributed by atoms with Crippen LogP contribution in [0, 0.1) is 0 Å². The number of halogens is 1. The maximum absolute atomic E-state index is 12.0. The van der Waals surface area contributed by atoms with Crippen LogP contribution >= 0.6 is 11.6 Å². The van der Waals surface area contributed by atoms with Crippen LogP contribution in [-0.4, -0.2) is 40.7 Å². The number of carbonyl (C=O) groups excluding carboxylic acids is 1. The Morgan fingerprint density at radius 2 is 2.05 bits per heavy atom. The Balaban J connectivity index is 1.87. The molecule has 3 N–H and O–H groups in total. The molecule has 22 heavy (non-hydrogen) atoms. The summed E-state index contributed by atoms with van der Waals surface area (Å²) in [6, 6.07) is 3.60. The smallest absolute Gasteiger partial charge is 0.410 e. The molecule has 0 atom stereocenters. The van der Waals surface area contributed by atoms with Crippen LogP contribution in [0.15, 0.2) is 12.1 Å². The fourth-order valence-corrected chi connectivity index (χ4v) is 2.44. The van der Waals surface area contributed by atoms with Crippen LogP contribution in [0.4, 0.5) is 16.3 Å². The Bertz CT molecular complexity index is 537. The number of ether oxygens (including phenoxy) is 1. The molecule has 2 rings (SSSR count). The van der Waals surface area contributed by atoms with Crippen LogP contribution in [0.2, 0.25) is 5.15 Å². The number of nitrogens with two attached hydrogens (primary N) is 1. The van der Waals surface area contributed by atoms with Gasteiger partial charge in [0.15, 0.2) is 5.82 Å². The van der Waals surface area contributed by atoms with E-state index in [0.717, 1.165) is 12.8 Å². The summed E-state index contributed by atoms with van der Waals surface area (Å²) < 4.78 is 5.38. The largest absolute Gasteiger partial charge is 0.444 e. The van der Waals surface area contributed by atoms with E-state index in [0.29, 0.717) is 29.7 Å². The number of nitrogen functional groups attached to an aromatic ring is 1. The molecule has 6 nitrogen and oxygen atoms in total. The van der Waals surface area contributed by atoms with Crippen molar-refractivity contribution in [2.45, 2.75) is 45.3 Å². The number of carbonyl (C=O) groups is 1. The van der Waals surface area contributed by atoms with E-state index in [1.165, 1.54) is 0 Å². The molecule has 1 aromatic rings. The summed E-state index contributed by atoms with van der Waals surface area (Å²) >= 11 is 5.88. The molecule has 1 aliphatic rings. The molecule has 0 saturated carbocycles. The second-order valence-electron chi connectivity index (χ2n) is 6.46. The number of anilines is 2. The highest BCUT2D eigenvalue weighted by Gasteiger charge is 2.27. The summed E-state index contributed by atoms with van der Waals surface area (Å²) in [6.07, 6.45) is 1.37. The molecule has 1 fully saturated rings. The number of likely N-dealkylation sites (tertiary alicyclic amines) is 1. The average Bonchev–Trinajstić information content (AvgIpc) is 2.42. The number of amides is 1. The van der Waals surface area contributed by atoms with Gasteiger partial charge in [0, 0.05) is 19.1 Å². The predicted octanol–water partition coefficient (Wildman–Crippen LogP) is 3.13. The number of pyridine rings is 1. The summed E-state index contributed by atoms with van der Waals surface area (Å²) in [7, 11) is 0. The maximum atomic E-state index is 12.0. The third kappa shape index (κ3) is 4.66. The number of rotatable bonds is 2. The van der Waals surface area contributed by atoms with Crippen molar-refractivity contribution >= 4 is 29.2 Å². The molecule has 0 radical (unpaired) electrons. The van der Waals surface area contributed by atoms with Gasteiger partial charge in [-0.2, -0.15) is 0 Å². The third-order valence-electron chi connectivity index (χ3n) is 3.38. The molecule has 122 valence electrons. The lowest BCUT2D eigenvalue weighted by atomic mass is 10.1. The molecule has 0 aromatic carbocycles. The number of aromatic nitrogens is 1. The summed E-state index contributed by atoms with van der Waals surface area (Å²) in [5.41, 5.74) is 5.98. The van der Waals surface area contributed by atoms with Gasteiger partial charge in [-0.1, -0.05) is 11.6 Å². The second-order valence-corrected chi connectivity index (χ2v) is 6.85.